The summed E-state index contributed by atoms with van der Waals surface area (Å²) in [5.41, 5.74) is 7.02. The average Bonchev–Trinajstić information content (AvgIpc) is 2.67. The molecule has 2 unspecified atom stereocenters. The summed E-state index contributed by atoms with van der Waals surface area (Å²) in [6, 6.07) is 0.104. The lowest BCUT2D eigenvalue weighted by Gasteiger charge is -2.39. The standard InChI is InChI=1S/C19H31N5O3/c1-13-4-3-7-24(16(13)12-20)17(25)6-5-15-14(2)21-19(22-18(15)26)23-8-10-27-11-9-23/h13,16H,3-12,20H2,1-2H3,(H,21,22,26). The minimum Gasteiger partial charge on any atom is -0.378 e. The fourth-order valence-electron chi connectivity index (χ4n) is 4.11. The maximum atomic E-state index is 12.7. The number of nitrogens with one attached hydrogen (secondary N) is 1. The Morgan fingerprint density at radius 1 is 1.33 bits per heavy atom. The molecule has 27 heavy (non-hydrogen) atoms. The van der Waals surface area contributed by atoms with Crippen molar-refractivity contribution in [3.63, 3.8) is 0 Å². The van der Waals surface area contributed by atoms with Crippen LogP contribution in [0.4, 0.5) is 5.95 Å². The van der Waals surface area contributed by atoms with E-state index in [0.29, 0.717) is 68.8 Å². The first-order valence-electron chi connectivity index (χ1n) is 9.93. The van der Waals surface area contributed by atoms with Crippen LogP contribution >= 0.6 is 0 Å². The van der Waals surface area contributed by atoms with E-state index in [4.69, 9.17) is 10.5 Å². The number of likely N-dealkylation sites (tertiary alicyclic amines) is 1. The van der Waals surface area contributed by atoms with Gasteiger partial charge in [0.1, 0.15) is 0 Å². The summed E-state index contributed by atoms with van der Waals surface area (Å²) in [7, 11) is 0. The number of hydrogen-bond acceptors (Lipinski definition) is 6. The van der Waals surface area contributed by atoms with Gasteiger partial charge in [-0.25, -0.2) is 4.98 Å². The molecule has 1 amide bonds. The quantitative estimate of drug-likeness (QED) is 0.771. The molecule has 1 aromatic heterocycles. The highest BCUT2D eigenvalue weighted by Crippen LogP contribution is 2.23. The number of carbonyl (C=O) groups excluding carboxylic acids is 1. The van der Waals surface area contributed by atoms with Gasteiger partial charge in [-0.3, -0.25) is 14.6 Å². The number of aromatic nitrogens is 2. The van der Waals surface area contributed by atoms with E-state index in [1.807, 2.05) is 16.7 Å². The number of hydrogen-bond donors (Lipinski definition) is 2. The molecule has 3 N–H and O–H groups in total. The van der Waals surface area contributed by atoms with Crippen LogP contribution in [0.2, 0.25) is 0 Å². The molecule has 150 valence electrons. The van der Waals surface area contributed by atoms with Crippen LogP contribution in [0.25, 0.3) is 0 Å². The number of amides is 1. The van der Waals surface area contributed by atoms with E-state index in [0.717, 1.165) is 19.4 Å². The number of ether oxygens (including phenoxy) is 1. The summed E-state index contributed by atoms with van der Waals surface area (Å²) >= 11 is 0. The SMILES string of the molecule is Cc1nc(N2CCOCC2)[nH]c(=O)c1CCC(=O)N1CCCC(C)C1CN. The molecule has 8 nitrogen and oxygen atoms in total. The topological polar surface area (TPSA) is 105 Å². The second-order valence-electron chi connectivity index (χ2n) is 7.56. The number of aryl methyl sites for hydroxylation is 1. The van der Waals surface area contributed by atoms with Gasteiger partial charge >= 0.3 is 0 Å². The lowest BCUT2D eigenvalue weighted by Crippen LogP contribution is -2.51. The van der Waals surface area contributed by atoms with Crippen molar-refractivity contribution in [3.05, 3.63) is 21.6 Å². The molecule has 2 atom stereocenters. The van der Waals surface area contributed by atoms with E-state index in [9.17, 15) is 9.59 Å². The number of morpholine rings is 1. The number of nitrogens with zero attached hydrogens (tertiary/aromatic N) is 3. The van der Waals surface area contributed by atoms with Crippen LogP contribution in [-0.4, -0.2) is 66.2 Å². The first-order chi connectivity index (χ1) is 13.0. The number of H-pyrrole nitrogens is 1. The Kier molecular flexibility index (Phi) is 6.49. The van der Waals surface area contributed by atoms with Gasteiger partial charge in [-0.05, 0) is 32.1 Å². The number of nitrogens with two attached hydrogens (primary N) is 1. The van der Waals surface area contributed by atoms with E-state index in [-0.39, 0.29) is 17.5 Å². The van der Waals surface area contributed by atoms with E-state index < -0.39 is 0 Å². The third-order valence-electron chi connectivity index (χ3n) is 5.79. The summed E-state index contributed by atoms with van der Waals surface area (Å²) in [5, 5.41) is 0. The minimum absolute atomic E-state index is 0.0769. The predicted octanol–water partition coefficient (Wildman–Crippen LogP) is 0.433. The van der Waals surface area contributed by atoms with Gasteiger partial charge in [0, 0.05) is 49.9 Å². The van der Waals surface area contributed by atoms with Gasteiger partial charge in [0.05, 0.1) is 13.2 Å². The Labute approximate surface area is 160 Å². The molecule has 2 aliphatic heterocycles. The molecular weight excluding hydrogens is 346 g/mol. The second-order valence-corrected chi connectivity index (χ2v) is 7.56. The molecule has 1 aromatic rings. The van der Waals surface area contributed by atoms with Crippen molar-refractivity contribution in [3.8, 4) is 0 Å². The summed E-state index contributed by atoms with van der Waals surface area (Å²) in [4.78, 5) is 36.7. The fraction of sp³-hybridized carbons (Fsp3) is 0.737. The molecule has 2 aliphatic rings. The highest BCUT2D eigenvalue weighted by Gasteiger charge is 2.30. The molecule has 0 saturated carbocycles. The Morgan fingerprint density at radius 3 is 2.74 bits per heavy atom. The highest BCUT2D eigenvalue weighted by molar-refractivity contribution is 5.77. The van der Waals surface area contributed by atoms with E-state index in [2.05, 4.69) is 16.9 Å². The zero-order valence-corrected chi connectivity index (χ0v) is 16.4. The molecule has 0 aliphatic carbocycles. The van der Waals surface area contributed by atoms with Gasteiger partial charge in [0.2, 0.25) is 11.9 Å². The summed E-state index contributed by atoms with van der Waals surface area (Å²) < 4.78 is 5.34. The van der Waals surface area contributed by atoms with Gasteiger partial charge in [-0.1, -0.05) is 6.92 Å². The van der Waals surface area contributed by atoms with Crippen molar-refractivity contribution in [1.29, 1.82) is 0 Å². The number of aromatic amines is 1. The summed E-state index contributed by atoms with van der Waals surface area (Å²) in [6.45, 7) is 7.94. The zero-order valence-electron chi connectivity index (χ0n) is 16.4. The third-order valence-corrected chi connectivity index (χ3v) is 5.79. The van der Waals surface area contributed by atoms with Crippen LogP contribution in [0.15, 0.2) is 4.79 Å². The second kappa shape index (κ2) is 8.84. The van der Waals surface area contributed by atoms with Crippen molar-refractivity contribution in [2.75, 3.05) is 44.3 Å². The van der Waals surface area contributed by atoms with Crippen LogP contribution in [0, 0.1) is 12.8 Å². The molecule has 0 bridgehead atoms. The van der Waals surface area contributed by atoms with Crippen LogP contribution in [0.1, 0.15) is 37.4 Å². The highest BCUT2D eigenvalue weighted by atomic mass is 16.5. The molecule has 0 aromatic carbocycles. The van der Waals surface area contributed by atoms with Gasteiger partial charge < -0.3 is 20.3 Å². The van der Waals surface area contributed by atoms with Crippen molar-refractivity contribution >= 4 is 11.9 Å². The largest absolute Gasteiger partial charge is 0.378 e. The molecule has 8 heteroatoms. The number of carbonyl (C=O) groups is 1. The lowest BCUT2D eigenvalue weighted by molar-refractivity contribution is -0.136. The van der Waals surface area contributed by atoms with Gasteiger partial charge in [-0.15, -0.1) is 0 Å². The van der Waals surface area contributed by atoms with Crippen molar-refractivity contribution in [2.45, 2.75) is 45.6 Å². The Bertz CT molecular complexity index is 714. The molecular formula is C19H31N5O3. The molecule has 2 saturated heterocycles. The number of piperidine rings is 1. The van der Waals surface area contributed by atoms with Crippen LogP contribution in [-0.2, 0) is 16.0 Å². The van der Waals surface area contributed by atoms with Crippen molar-refractivity contribution < 1.29 is 9.53 Å². The lowest BCUT2D eigenvalue weighted by atomic mass is 9.90. The maximum Gasteiger partial charge on any atom is 0.255 e. The molecule has 3 rings (SSSR count). The Balaban J connectivity index is 1.67. The average molecular weight is 377 g/mol. The number of anilines is 1. The Morgan fingerprint density at radius 2 is 2.07 bits per heavy atom. The normalized spacial score (nSPS) is 23.5. The monoisotopic (exact) mass is 377 g/mol. The van der Waals surface area contributed by atoms with Crippen molar-refractivity contribution in [1.82, 2.24) is 14.9 Å². The molecule has 3 heterocycles. The van der Waals surface area contributed by atoms with E-state index in [1.54, 1.807) is 0 Å². The molecule has 0 spiro atoms. The maximum absolute atomic E-state index is 12.7. The van der Waals surface area contributed by atoms with Crippen molar-refractivity contribution in [2.24, 2.45) is 11.7 Å². The minimum atomic E-state index is -0.154. The first-order valence-corrected chi connectivity index (χ1v) is 9.93. The molecule has 0 radical (unpaired) electrons. The van der Waals surface area contributed by atoms with Gasteiger partial charge in [0.15, 0.2) is 0 Å². The van der Waals surface area contributed by atoms with Crippen LogP contribution in [0.5, 0.6) is 0 Å². The summed E-state index contributed by atoms with van der Waals surface area (Å²) in [6.07, 6.45) is 2.83. The molecule has 2 fully saturated rings. The van der Waals surface area contributed by atoms with Crippen LogP contribution in [0.3, 0.4) is 0 Å². The third kappa shape index (κ3) is 4.50. The van der Waals surface area contributed by atoms with Gasteiger partial charge in [0.25, 0.3) is 5.56 Å². The van der Waals surface area contributed by atoms with E-state index in [1.165, 1.54) is 0 Å². The zero-order chi connectivity index (χ0) is 19.4. The summed E-state index contributed by atoms with van der Waals surface area (Å²) in [5.74, 6) is 1.09. The van der Waals surface area contributed by atoms with Crippen LogP contribution < -0.4 is 16.2 Å². The predicted molar refractivity (Wildman–Crippen MR) is 104 cm³/mol. The smallest absolute Gasteiger partial charge is 0.255 e. The Hall–Kier alpha value is -1.93. The number of rotatable bonds is 5. The van der Waals surface area contributed by atoms with E-state index >= 15 is 0 Å². The first kappa shape index (κ1) is 19.8. The fourth-order valence-corrected chi connectivity index (χ4v) is 4.11. The van der Waals surface area contributed by atoms with Gasteiger partial charge in [-0.2, -0.15) is 0 Å².